The first-order valence-electron chi connectivity index (χ1n) is 11.7. The van der Waals surface area contributed by atoms with Gasteiger partial charge in [-0.3, -0.25) is 14.7 Å². The number of amides is 1. The maximum Gasteiger partial charge on any atom is 0.234 e. The first kappa shape index (κ1) is 25.9. The van der Waals surface area contributed by atoms with E-state index in [-0.39, 0.29) is 29.9 Å². The van der Waals surface area contributed by atoms with Crippen LogP contribution in [0.25, 0.3) is 0 Å². The summed E-state index contributed by atoms with van der Waals surface area (Å²) in [7, 11) is 0. The third-order valence-corrected chi connectivity index (χ3v) is 6.16. The fraction of sp³-hybridized carbons (Fsp3) is 0.667. The molecule has 6 nitrogen and oxygen atoms in total. The molecule has 2 aliphatic rings. The van der Waals surface area contributed by atoms with Crippen molar-refractivity contribution in [1.29, 1.82) is 0 Å². The Morgan fingerprint density at radius 1 is 1.13 bits per heavy atom. The van der Waals surface area contributed by atoms with Gasteiger partial charge in [-0.2, -0.15) is 0 Å². The summed E-state index contributed by atoms with van der Waals surface area (Å²) in [5.74, 6) is 1.09. The van der Waals surface area contributed by atoms with Crippen LogP contribution < -0.4 is 16.0 Å². The molecule has 31 heavy (non-hydrogen) atoms. The number of rotatable bonds is 10. The number of nitrogens with one attached hydrogen (secondary N) is 3. The van der Waals surface area contributed by atoms with Crippen LogP contribution in [-0.4, -0.2) is 62.1 Å². The Bertz CT molecular complexity index is 684. The van der Waals surface area contributed by atoms with Gasteiger partial charge in [-0.15, -0.1) is 24.0 Å². The number of likely N-dealkylation sites (tertiary alicyclic amines) is 1. The van der Waals surface area contributed by atoms with Crippen LogP contribution in [-0.2, 0) is 11.2 Å². The summed E-state index contributed by atoms with van der Waals surface area (Å²) >= 11 is 0. The van der Waals surface area contributed by atoms with Gasteiger partial charge in [0.15, 0.2) is 5.96 Å². The van der Waals surface area contributed by atoms with E-state index >= 15 is 0 Å². The average Bonchev–Trinajstić information content (AvgIpc) is 3.52. The van der Waals surface area contributed by atoms with Gasteiger partial charge in [0.2, 0.25) is 5.91 Å². The minimum atomic E-state index is 0. The molecule has 0 atom stereocenters. The molecule has 1 heterocycles. The predicted molar refractivity (Wildman–Crippen MR) is 139 cm³/mol. The number of benzene rings is 1. The topological polar surface area (TPSA) is 68.8 Å². The Labute approximate surface area is 205 Å². The number of aliphatic imine (C=N–C) groups is 1. The van der Waals surface area contributed by atoms with Crippen molar-refractivity contribution in [3.63, 3.8) is 0 Å². The third kappa shape index (κ3) is 8.96. The molecule has 3 rings (SSSR count). The highest BCUT2D eigenvalue weighted by Crippen LogP contribution is 2.48. The molecule has 0 aromatic heterocycles. The summed E-state index contributed by atoms with van der Waals surface area (Å²) < 4.78 is 0. The van der Waals surface area contributed by atoms with E-state index in [4.69, 9.17) is 4.99 Å². The molecule has 1 saturated carbocycles. The summed E-state index contributed by atoms with van der Waals surface area (Å²) in [6, 6.07) is 11.2. The monoisotopic (exact) mass is 541 g/mol. The molecule has 1 aliphatic carbocycles. The number of hydrogen-bond acceptors (Lipinski definition) is 3. The lowest BCUT2D eigenvalue weighted by molar-refractivity contribution is -0.122. The molecule has 0 spiro atoms. The molecule has 1 saturated heterocycles. The second-order valence-corrected chi connectivity index (χ2v) is 8.90. The average molecular weight is 542 g/mol. The Hall–Kier alpha value is -1.35. The lowest BCUT2D eigenvalue weighted by Gasteiger charge is -2.32. The Balaban J connectivity index is 0.00000341. The van der Waals surface area contributed by atoms with E-state index < -0.39 is 0 Å². The van der Waals surface area contributed by atoms with Gasteiger partial charge in [0.1, 0.15) is 0 Å². The molecule has 1 aliphatic heterocycles. The van der Waals surface area contributed by atoms with Crippen molar-refractivity contribution >= 4 is 35.8 Å². The second-order valence-electron chi connectivity index (χ2n) is 8.90. The van der Waals surface area contributed by atoms with Crippen LogP contribution in [0.4, 0.5) is 0 Å². The minimum absolute atomic E-state index is 0. The minimum Gasteiger partial charge on any atom is -0.357 e. The van der Waals surface area contributed by atoms with Gasteiger partial charge < -0.3 is 16.0 Å². The van der Waals surface area contributed by atoms with E-state index in [0.717, 1.165) is 64.4 Å². The maximum absolute atomic E-state index is 11.9. The molecule has 174 valence electrons. The largest absolute Gasteiger partial charge is 0.357 e. The molecule has 1 amide bonds. The maximum atomic E-state index is 11.9. The van der Waals surface area contributed by atoms with Crippen LogP contribution in [0.1, 0.15) is 51.5 Å². The molecule has 7 heteroatoms. The number of guanidine groups is 1. The van der Waals surface area contributed by atoms with Crippen LogP contribution in [0.15, 0.2) is 35.3 Å². The summed E-state index contributed by atoms with van der Waals surface area (Å²) in [5.41, 5.74) is 1.76. The highest BCUT2D eigenvalue weighted by molar-refractivity contribution is 14.0. The third-order valence-electron chi connectivity index (χ3n) is 6.16. The molecule has 1 aromatic rings. The zero-order valence-electron chi connectivity index (χ0n) is 19.2. The van der Waals surface area contributed by atoms with Crippen LogP contribution in [0.3, 0.4) is 0 Å². The van der Waals surface area contributed by atoms with E-state index in [2.05, 4.69) is 65.0 Å². The number of carbonyl (C=O) groups is 1. The molecule has 0 radical (unpaired) electrons. The number of hydrogen-bond donors (Lipinski definition) is 3. The number of halogens is 1. The summed E-state index contributed by atoms with van der Waals surface area (Å²) in [6.45, 7) is 9.14. The van der Waals surface area contributed by atoms with Crippen LogP contribution in [0.5, 0.6) is 0 Å². The van der Waals surface area contributed by atoms with E-state index in [1.54, 1.807) is 0 Å². The van der Waals surface area contributed by atoms with E-state index in [0.29, 0.717) is 18.0 Å². The number of nitrogens with zero attached hydrogens (tertiary/aromatic N) is 2. The second kappa shape index (κ2) is 13.3. The SMILES string of the molecule is CCCNC(=O)CN1CCC(NC(=NCC2(Cc3ccccc3)CC2)NCC)CC1.I. The van der Waals surface area contributed by atoms with Gasteiger partial charge >= 0.3 is 0 Å². The van der Waals surface area contributed by atoms with Crippen molar-refractivity contribution in [3.8, 4) is 0 Å². The van der Waals surface area contributed by atoms with E-state index in [1.165, 1.54) is 18.4 Å². The normalized spacial score (nSPS) is 18.7. The summed E-state index contributed by atoms with van der Waals surface area (Å²) in [4.78, 5) is 19.1. The van der Waals surface area contributed by atoms with Gasteiger partial charge in [-0.25, -0.2) is 0 Å². The van der Waals surface area contributed by atoms with Crippen molar-refractivity contribution in [3.05, 3.63) is 35.9 Å². The van der Waals surface area contributed by atoms with E-state index in [1.807, 2.05) is 0 Å². The zero-order valence-corrected chi connectivity index (χ0v) is 21.5. The fourth-order valence-electron chi connectivity index (χ4n) is 4.12. The zero-order chi connectivity index (χ0) is 21.2. The molecular formula is C24H40IN5O. The summed E-state index contributed by atoms with van der Waals surface area (Å²) in [5, 5.41) is 10.0. The highest BCUT2D eigenvalue weighted by Gasteiger charge is 2.42. The van der Waals surface area contributed by atoms with Crippen molar-refractivity contribution in [1.82, 2.24) is 20.9 Å². The van der Waals surface area contributed by atoms with Crippen molar-refractivity contribution in [2.45, 2.75) is 58.4 Å². The predicted octanol–water partition coefficient (Wildman–Crippen LogP) is 3.17. The molecular weight excluding hydrogens is 501 g/mol. The van der Waals surface area contributed by atoms with Crippen LogP contribution in [0, 0.1) is 5.41 Å². The first-order valence-corrected chi connectivity index (χ1v) is 11.7. The Morgan fingerprint density at radius 2 is 1.84 bits per heavy atom. The summed E-state index contributed by atoms with van der Waals surface area (Å²) in [6.07, 6.45) is 6.72. The number of carbonyl (C=O) groups excluding carboxylic acids is 1. The number of piperidine rings is 1. The molecule has 0 bridgehead atoms. The van der Waals surface area contributed by atoms with Crippen molar-refractivity contribution in [2.24, 2.45) is 10.4 Å². The molecule has 3 N–H and O–H groups in total. The lowest BCUT2D eigenvalue weighted by atomic mass is 9.97. The van der Waals surface area contributed by atoms with Gasteiger partial charge in [0.25, 0.3) is 0 Å². The highest BCUT2D eigenvalue weighted by atomic mass is 127. The van der Waals surface area contributed by atoms with Crippen molar-refractivity contribution < 1.29 is 4.79 Å². The fourth-order valence-corrected chi connectivity index (χ4v) is 4.12. The van der Waals surface area contributed by atoms with Crippen LogP contribution >= 0.6 is 24.0 Å². The standard InChI is InChI=1S/C24H39N5O.HI/c1-3-14-26-22(30)18-29-15-10-21(11-16-29)28-23(25-4-2)27-19-24(12-13-24)17-20-8-6-5-7-9-20;/h5-9,21H,3-4,10-19H2,1-2H3,(H,26,30)(H2,25,27,28);1H. The molecule has 0 unspecified atom stereocenters. The van der Waals surface area contributed by atoms with E-state index in [9.17, 15) is 4.79 Å². The van der Waals surface area contributed by atoms with Gasteiger partial charge in [0, 0.05) is 38.8 Å². The Kier molecular flexibility index (Phi) is 11.1. The van der Waals surface area contributed by atoms with Crippen LogP contribution in [0.2, 0.25) is 0 Å². The smallest absolute Gasteiger partial charge is 0.234 e. The van der Waals surface area contributed by atoms with Crippen molar-refractivity contribution in [2.75, 3.05) is 39.3 Å². The lowest BCUT2D eigenvalue weighted by Crippen LogP contribution is -2.50. The van der Waals surface area contributed by atoms with Gasteiger partial charge in [-0.1, -0.05) is 37.3 Å². The quantitative estimate of drug-likeness (QED) is 0.242. The van der Waals surface area contributed by atoms with Gasteiger partial charge in [0.05, 0.1) is 6.54 Å². The first-order chi connectivity index (χ1) is 14.6. The van der Waals surface area contributed by atoms with Gasteiger partial charge in [-0.05, 0) is 56.4 Å². The molecule has 2 fully saturated rings. The molecule has 1 aromatic carbocycles. The Morgan fingerprint density at radius 3 is 2.45 bits per heavy atom.